The van der Waals surface area contributed by atoms with Crippen molar-refractivity contribution in [3.8, 4) is 23.5 Å². The highest BCUT2D eigenvalue weighted by Gasteiger charge is 2.21. The number of hydrogen-bond donors (Lipinski definition) is 1. The number of ether oxygens (including phenoxy) is 2. The van der Waals surface area contributed by atoms with Gasteiger partial charge in [-0.15, -0.1) is 0 Å². The van der Waals surface area contributed by atoms with E-state index in [9.17, 15) is 0 Å². The van der Waals surface area contributed by atoms with Crippen LogP contribution in [0.4, 0.5) is 17.6 Å². The van der Waals surface area contributed by atoms with Crippen LogP contribution in [0.5, 0.6) is 0 Å². The van der Waals surface area contributed by atoms with Gasteiger partial charge in [-0.3, -0.25) is 5.43 Å². The minimum atomic E-state index is -0.244. The molecule has 2 saturated heterocycles. The van der Waals surface area contributed by atoms with Crippen LogP contribution >= 0.6 is 0 Å². The van der Waals surface area contributed by atoms with Crippen LogP contribution in [0.25, 0.3) is 11.4 Å². The van der Waals surface area contributed by atoms with E-state index in [1.807, 2.05) is 12.1 Å². The molecule has 11 heteroatoms. The number of hydrazone groups is 1. The molecule has 0 saturated carbocycles. The lowest BCUT2D eigenvalue weighted by Gasteiger charge is -2.30. The van der Waals surface area contributed by atoms with Crippen molar-refractivity contribution in [3.05, 3.63) is 24.3 Å². The summed E-state index contributed by atoms with van der Waals surface area (Å²) < 4.78 is 10.9. The number of hydrogen-bond acceptors (Lipinski definition) is 11. The number of nitrogens with one attached hydrogen (secondary N) is 1. The van der Waals surface area contributed by atoms with Crippen LogP contribution in [0.15, 0.2) is 29.4 Å². The molecule has 11 nitrogen and oxygen atoms in total. The average Bonchev–Trinajstić information content (AvgIpc) is 2.86. The van der Waals surface area contributed by atoms with E-state index in [1.165, 1.54) is 0 Å². The smallest absolute Gasteiger partial charge is 0.237 e. The van der Waals surface area contributed by atoms with Crippen LogP contribution < -0.4 is 15.2 Å². The highest BCUT2D eigenvalue weighted by atomic mass is 16.5. The van der Waals surface area contributed by atoms with Crippen molar-refractivity contribution < 1.29 is 9.47 Å². The number of morpholine rings is 2. The molecule has 2 aromatic rings. The van der Waals surface area contributed by atoms with Gasteiger partial charge in [0.15, 0.2) is 5.82 Å². The van der Waals surface area contributed by atoms with Gasteiger partial charge in [0.05, 0.1) is 32.1 Å². The first-order chi connectivity index (χ1) is 15.3. The molecule has 4 rings (SSSR count). The number of nitriles is 2. The fourth-order valence-corrected chi connectivity index (χ4v) is 3.18. The molecule has 3 heterocycles. The van der Waals surface area contributed by atoms with E-state index < -0.39 is 0 Å². The monoisotopic (exact) mass is 419 g/mol. The Morgan fingerprint density at radius 1 is 0.839 bits per heavy atom. The van der Waals surface area contributed by atoms with E-state index in [4.69, 9.17) is 34.9 Å². The summed E-state index contributed by atoms with van der Waals surface area (Å²) in [4.78, 5) is 18.3. The summed E-state index contributed by atoms with van der Waals surface area (Å²) in [6.45, 7) is 5.48. The van der Waals surface area contributed by atoms with Gasteiger partial charge >= 0.3 is 0 Å². The Hall–Kier alpha value is -3.80. The van der Waals surface area contributed by atoms with E-state index >= 15 is 0 Å². The summed E-state index contributed by atoms with van der Waals surface area (Å²) in [5, 5.41) is 21.3. The minimum absolute atomic E-state index is 0.244. The predicted molar refractivity (Wildman–Crippen MR) is 114 cm³/mol. The number of aromatic nitrogens is 3. The van der Waals surface area contributed by atoms with Crippen LogP contribution in [-0.4, -0.2) is 73.3 Å². The quantitative estimate of drug-likeness (QED) is 0.553. The third-order valence-corrected chi connectivity index (χ3v) is 4.85. The molecule has 2 aliphatic rings. The van der Waals surface area contributed by atoms with E-state index in [0.717, 1.165) is 31.7 Å². The van der Waals surface area contributed by atoms with Gasteiger partial charge < -0.3 is 19.3 Å². The molecule has 1 aromatic carbocycles. The van der Waals surface area contributed by atoms with Crippen molar-refractivity contribution in [1.82, 2.24) is 15.0 Å². The summed E-state index contributed by atoms with van der Waals surface area (Å²) in [6.07, 6.45) is 0. The fraction of sp³-hybridized carbons (Fsp3) is 0.400. The first-order valence-electron chi connectivity index (χ1n) is 9.92. The zero-order valence-corrected chi connectivity index (χ0v) is 16.9. The second kappa shape index (κ2) is 9.80. The Morgan fingerprint density at radius 3 is 1.84 bits per heavy atom. The standard InChI is InChI=1S/C20H21N9O2/c21-13-17(14-22)27-26-16-3-1-15(2-4-16)18-23-19(28-5-9-30-10-6-28)25-20(24-18)29-7-11-31-12-8-29/h1-4,26H,5-12H2. The van der Waals surface area contributed by atoms with Crippen molar-refractivity contribution in [1.29, 1.82) is 10.5 Å². The first-order valence-corrected chi connectivity index (χ1v) is 9.92. The first kappa shape index (κ1) is 20.5. The Labute approximate surface area is 179 Å². The molecule has 31 heavy (non-hydrogen) atoms. The predicted octanol–water partition coefficient (Wildman–Crippen LogP) is 1.03. The highest BCUT2D eigenvalue weighted by Crippen LogP contribution is 2.24. The molecular weight excluding hydrogens is 398 g/mol. The maximum Gasteiger partial charge on any atom is 0.237 e. The van der Waals surface area contributed by atoms with Crippen LogP contribution in [0.1, 0.15) is 0 Å². The molecule has 0 unspecified atom stereocenters. The van der Waals surface area contributed by atoms with E-state index in [1.54, 1.807) is 24.3 Å². The number of benzene rings is 1. The van der Waals surface area contributed by atoms with E-state index in [-0.39, 0.29) is 5.71 Å². The molecule has 0 bridgehead atoms. The third-order valence-electron chi connectivity index (χ3n) is 4.85. The molecular formula is C20H21N9O2. The average molecular weight is 419 g/mol. The number of rotatable bonds is 5. The Bertz CT molecular complexity index is 962. The molecule has 0 spiro atoms. The molecule has 0 radical (unpaired) electrons. The topological polar surface area (TPSA) is 136 Å². The normalized spacial score (nSPS) is 16.2. The van der Waals surface area contributed by atoms with Crippen LogP contribution in [0.3, 0.4) is 0 Å². The van der Waals surface area contributed by atoms with Gasteiger partial charge in [0.1, 0.15) is 12.1 Å². The van der Waals surface area contributed by atoms with Gasteiger partial charge in [-0.25, -0.2) is 0 Å². The molecule has 1 N–H and O–H groups in total. The number of anilines is 3. The van der Waals surface area contributed by atoms with Crippen molar-refractivity contribution in [2.45, 2.75) is 0 Å². The van der Waals surface area contributed by atoms with Crippen LogP contribution in [0, 0.1) is 22.7 Å². The molecule has 0 aliphatic carbocycles. The lowest BCUT2D eigenvalue weighted by atomic mass is 10.2. The molecule has 0 atom stereocenters. The van der Waals surface area contributed by atoms with Gasteiger partial charge in [-0.2, -0.15) is 30.6 Å². The maximum atomic E-state index is 8.77. The zero-order valence-electron chi connectivity index (χ0n) is 16.9. The lowest BCUT2D eigenvalue weighted by molar-refractivity contribution is 0.121. The fourth-order valence-electron chi connectivity index (χ4n) is 3.18. The summed E-state index contributed by atoms with van der Waals surface area (Å²) in [6, 6.07) is 10.7. The lowest BCUT2D eigenvalue weighted by Crippen LogP contribution is -2.40. The molecule has 2 aliphatic heterocycles. The second-order valence-electron chi connectivity index (χ2n) is 6.83. The van der Waals surface area contributed by atoms with Crippen molar-refractivity contribution in [3.63, 3.8) is 0 Å². The number of nitrogens with zero attached hydrogens (tertiary/aromatic N) is 8. The second-order valence-corrected chi connectivity index (χ2v) is 6.83. The highest BCUT2D eigenvalue weighted by molar-refractivity contribution is 6.10. The summed E-state index contributed by atoms with van der Waals surface area (Å²) >= 11 is 0. The molecule has 0 amide bonds. The van der Waals surface area contributed by atoms with Crippen molar-refractivity contribution in [2.24, 2.45) is 5.10 Å². The molecule has 2 fully saturated rings. The minimum Gasteiger partial charge on any atom is -0.378 e. The molecule has 158 valence electrons. The van der Waals surface area contributed by atoms with Gasteiger partial charge in [0, 0.05) is 31.7 Å². The maximum absolute atomic E-state index is 8.77. The van der Waals surface area contributed by atoms with Crippen LogP contribution in [0.2, 0.25) is 0 Å². The van der Waals surface area contributed by atoms with Gasteiger partial charge in [-0.1, -0.05) is 0 Å². The van der Waals surface area contributed by atoms with Crippen LogP contribution in [-0.2, 0) is 9.47 Å². The van der Waals surface area contributed by atoms with Crippen molar-refractivity contribution in [2.75, 3.05) is 67.8 Å². The summed E-state index contributed by atoms with van der Waals surface area (Å²) in [5.74, 6) is 1.84. The van der Waals surface area contributed by atoms with Crippen molar-refractivity contribution >= 4 is 23.3 Å². The van der Waals surface area contributed by atoms with E-state index in [2.05, 4.69) is 20.3 Å². The Kier molecular flexibility index (Phi) is 6.47. The Balaban J connectivity index is 1.62. The van der Waals surface area contributed by atoms with Gasteiger partial charge in [-0.05, 0) is 24.3 Å². The third kappa shape index (κ3) is 5.04. The summed E-state index contributed by atoms with van der Waals surface area (Å²) in [7, 11) is 0. The molecule has 1 aromatic heterocycles. The van der Waals surface area contributed by atoms with E-state index in [0.29, 0.717) is 49.8 Å². The van der Waals surface area contributed by atoms with Gasteiger partial charge in [0.25, 0.3) is 0 Å². The summed E-state index contributed by atoms with van der Waals surface area (Å²) in [5.41, 5.74) is 3.92. The Morgan fingerprint density at radius 2 is 1.35 bits per heavy atom. The largest absolute Gasteiger partial charge is 0.378 e. The SMILES string of the molecule is N#CC(C#N)=NNc1ccc(-c2nc(N3CCOCC3)nc(N3CCOCC3)n2)cc1. The van der Waals surface area contributed by atoms with Gasteiger partial charge in [0.2, 0.25) is 17.6 Å². The zero-order chi connectivity index (χ0) is 21.5.